The molecule has 0 spiro atoms. The molecular formula is C12H15NO3. The van der Waals surface area contributed by atoms with Crippen molar-refractivity contribution in [3.8, 4) is 11.8 Å². The Morgan fingerprint density at radius 2 is 2.00 bits per heavy atom. The molecule has 4 nitrogen and oxygen atoms in total. The van der Waals surface area contributed by atoms with Gasteiger partial charge in [0.15, 0.2) is 0 Å². The highest BCUT2D eigenvalue weighted by Crippen LogP contribution is 2.25. The van der Waals surface area contributed by atoms with Gasteiger partial charge in [-0.2, -0.15) is 0 Å². The quantitative estimate of drug-likeness (QED) is 0.547. The highest BCUT2D eigenvalue weighted by Gasteiger charge is 2.33. The first-order chi connectivity index (χ1) is 7.66. The van der Waals surface area contributed by atoms with E-state index >= 15 is 0 Å². The zero-order chi connectivity index (χ0) is 12.0. The van der Waals surface area contributed by atoms with Crippen molar-refractivity contribution in [1.29, 1.82) is 0 Å². The second-order valence-electron chi connectivity index (χ2n) is 3.64. The molecule has 1 rings (SSSR count). The number of amides is 1. The first kappa shape index (κ1) is 12.3. The summed E-state index contributed by atoms with van der Waals surface area (Å²) in [6.07, 6.45) is 4.58. The van der Waals surface area contributed by atoms with E-state index < -0.39 is 17.8 Å². The minimum Gasteiger partial charge on any atom is -0.481 e. The third-order valence-corrected chi connectivity index (χ3v) is 2.61. The molecule has 0 fully saturated rings. The van der Waals surface area contributed by atoms with Gasteiger partial charge in [0.05, 0.1) is 18.4 Å². The van der Waals surface area contributed by atoms with Gasteiger partial charge in [-0.05, 0) is 19.8 Å². The summed E-state index contributed by atoms with van der Waals surface area (Å²) in [6, 6.07) is 0. The first-order valence-electron chi connectivity index (χ1n) is 5.22. The number of rotatable bonds is 3. The molecule has 1 aliphatic rings. The minimum atomic E-state index is -0.911. The molecule has 86 valence electrons. The maximum Gasteiger partial charge on any atom is 0.307 e. The number of carbonyl (C=O) groups is 2. The number of carboxylic acids is 1. The van der Waals surface area contributed by atoms with Crippen molar-refractivity contribution in [3.05, 3.63) is 12.2 Å². The number of hydrogen-bond donors (Lipinski definition) is 2. The van der Waals surface area contributed by atoms with Crippen LogP contribution in [0.4, 0.5) is 0 Å². The van der Waals surface area contributed by atoms with Crippen LogP contribution in [0, 0.1) is 23.7 Å². The minimum absolute atomic E-state index is 0.223. The van der Waals surface area contributed by atoms with Crippen LogP contribution < -0.4 is 5.32 Å². The van der Waals surface area contributed by atoms with E-state index in [2.05, 4.69) is 17.2 Å². The topological polar surface area (TPSA) is 66.4 Å². The van der Waals surface area contributed by atoms with Crippen LogP contribution in [0.15, 0.2) is 12.2 Å². The van der Waals surface area contributed by atoms with Crippen molar-refractivity contribution in [2.75, 3.05) is 6.54 Å². The lowest BCUT2D eigenvalue weighted by molar-refractivity contribution is -0.147. The molecule has 0 aromatic rings. The molecule has 2 N–H and O–H groups in total. The maximum absolute atomic E-state index is 11.7. The number of nitrogens with one attached hydrogen (secondary N) is 1. The van der Waals surface area contributed by atoms with Gasteiger partial charge in [0, 0.05) is 0 Å². The Kier molecular flexibility index (Phi) is 4.59. The van der Waals surface area contributed by atoms with E-state index in [0.29, 0.717) is 12.8 Å². The fourth-order valence-corrected chi connectivity index (χ4v) is 1.73. The second-order valence-corrected chi connectivity index (χ2v) is 3.64. The SMILES string of the molecule is CC#CCNC(=O)[C@@H]1CC=CC[C@@H]1C(=O)O. The van der Waals surface area contributed by atoms with Crippen molar-refractivity contribution in [1.82, 2.24) is 5.32 Å². The van der Waals surface area contributed by atoms with Gasteiger partial charge in [-0.3, -0.25) is 9.59 Å². The van der Waals surface area contributed by atoms with Gasteiger partial charge in [0.2, 0.25) is 5.91 Å². The lowest BCUT2D eigenvalue weighted by Gasteiger charge is -2.23. The van der Waals surface area contributed by atoms with E-state index in [1.807, 2.05) is 12.2 Å². The number of aliphatic carboxylic acids is 1. The standard InChI is InChI=1S/C12H15NO3/c1-2-3-8-13-11(14)9-6-4-5-7-10(9)12(15)16/h4-5,9-10H,6-8H2,1H3,(H,13,14)(H,15,16)/t9-,10+/m1/s1. The molecule has 16 heavy (non-hydrogen) atoms. The van der Waals surface area contributed by atoms with Crippen molar-refractivity contribution in [3.63, 3.8) is 0 Å². The van der Waals surface area contributed by atoms with Gasteiger partial charge < -0.3 is 10.4 Å². The Bertz CT molecular complexity index is 362. The molecule has 0 heterocycles. The average Bonchev–Trinajstić information content (AvgIpc) is 2.29. The smallest absolute Gasteiger partial charge is 0.307 e. The molecule has 0 aliphatic heterocycles. The molecule has 0 bridgehead atoms. The third-order valence-electron chi connectivity index (χ3n) is 2.61. The Balaban J connectivity index is 2.60. The van der Waals surface area contributed by atoms with Crippen LogP contribution in [0.1, 0.15) is 19.8 Å². The van der Waals surface area contributed by atoms with Crippen LogP contribution in [-0.2, 0) is 9.59 Å². The Labute approximate surface area is 94.7 Å². The van der Waals surface area contributed by atoms with Crippen LogP contribution in [0.2, 0.25) is 0 Å². The predicted octanol–water partition coefficient (Wildman–Crippen LogP) is 0.793. The number of carboxylic acid groups (broad SMARTS) is 1. The summed E-state index contributed by atoms with van der Waals surface area (Å²) >= 11 is 0. The summed E-state index contributed by atoms with van der Waals surface area (Å²) in [5.41, 5.74) is 0. The van der Waals surface area contributed by atoms with Gasteiger partial charge in [0.25, 0.3) is 0 Å². The molecular weight excluding hydrogens is 206 g/mol. The number of carbonyl (C=O) groups excluding carboxylic acids is 1. The monoisotopic (exact) mass is 221 g/mol. The van der Waals surface area contributed by atoms with E-state index in [0.717, 1.165) is 0 Å². The average molecular weight is 221 g/mol. The summed E-state index contributed by atoms with van der Waals surface area (Å²) in [7, 11) is 0. The molecule has 0 aromatic carbocycles. The molecule has 0 aromatic heterocycles. The van der Waals surface area contributed by atoms with Crippen LogP contribution in [0.25, 0.3) is 0 Å². The van der Waals surface area contributed by atoms with Gasteiger partial charge in [0.1, 0.15) is 0 Å². The zero-order valence-electron chi connectivity index (χ0n) is 9.19. The largest absolute Gasteiger partial charge is 0.481 e. The number of allylic oxidation sites excluding steroid dienone is 2. The predicted molar refractivity (Wildman–Crippen MR) is 59.4 cm³/mol. The lowest BCUT2D eigenvalue weighted by Crippen LogP contribution is -2.38. The van der Waals surface area contributed by atoms with Crippen LogP contribution >= 0.6 is 0 Å². The molecule has 0 saturated carbocycles. The van der Waals surface area contributed by atoms with Gasteiger partial charge in [-0.15, -0.1) is 5.92 Å². The highest BCUT2D eigenvalue weighted by atomic mass is 16.4. The van der Waals surface area contributed by atoms with Crippen molar-refractivity contribution >= 4 is 11.9 Å². The highest BCUT2D eigenvalue weighted by molar-refractivity contribution is 5.85. The second kappa shape index (κ2) is 5.96. The third kappa shape index (κ3) is 3.13. The van der Waals surface area contributed by atoms with Gasteiger partial charge in [-0.25, -0.2) is 0 Å². The van der Waals surface area contributed by atoms with Crippen molar-refractivity contribution < 1.29 is 14.7 Å². The molecule has 1 aliphatic carbocycles. The summed E-state index contributed by atoms with van der Waals surface area (Å²) in [5, 5.41) is 11.6. The fourth-order valence-electron chi connectivity index (χ4n) is 1.73. The fraction of sp³-hybridized carbons (Fsp3) is 0.500. The van der Waals surface area contributed by atoms with E-state index in [-0.39, 0.29) is 12.5 Å². The number of hydrogen-bond acceptors (Lipinski definition) is 2. The molecule has 2 atom stereocenters. The van der Waals surface area contributed by atoms with Gasteiger partial charge in [-0.1, -0.05) is 18.1 Å². The normalized spacial score (nSPS) is 23.1. The van der Waals surface area contributed by atoms with Crippen molar-refractivity contribution in [2.45, 2.75) is 19.8 Å². The van der Waals surface area contributed by atoms with Crippen LogP contribution in [0.5, 0.6) is 0 Å². The summed E-state index contributed by atoms with van der Waals surface area (Å²) in [6.45, 7) is 1.97. The molecule has 4 heteroatoms. The summed E-state index contributed by atoms with van der Waals surface area (Å²) in [5.74, 6) is 3.16. The molecule has 0 saturated heterocycles. The molecule has 0 radical (unpaired) electrons. The van der Waals surface area contributed by atoms with Crippen LogP contribution in [0.3, 0.4) is 0 Å². The summed E-state index contributed by atoms with van der Waals surface area (Å²) in [4.78, 5) is 22.7. The Hall–Kier alpha value is -1.76. The first-order valence-corrected chi connectivity index (χ1v) is 5.22. The Morgan fingerprint density at radius 3 is 2.56 bits per heavy atom. The molecule has 0 unspecified atom stereocenters. The zero-order valence-corrected chi connectivity index (χ0v) is 9.19. The van der Waals surface area contributed by atoms with Gasteiger partial charge >= 0.3 is 5.97 Å². The van der Waals surface area contributed by atoms with E-state index in [1.165, 1.54) is 0 Å². The van der Waals surface area contributed by atoms with Crippen LogP contribution in [-0.4, -0.2) is 23.5 Å². The summed E-state index contributed by atoms with van der Waals surface area (Å²) < 4.78 is 0. The Morgan fingerprint density at radius 1 is 1.38 bits per heavy atom. The maximum atomic E-state index is 11.7. The van der Waals surface area contributed by atoms with E-state index in [4.69, 9.17) is 5.11 Å². The van der Waals surface area contributed by atoms with E-state index in [9.17, 15) is 9.59 Å². The van der Waals surface area contributed by atoms with Crippen molar-refractivity contribution in [2.24, 2.45) is 11.8 Å². The lowest BCUT2D eigenvalue weighted by atomic mass is 9.82. The van der Waals surface area contributed by atoms with E-state index in [1.54, 1.807) is 6.92 Å². The molecule has 1 amide bonds.